The summed E-state index contributed by atoms with van der Waals surface area (Å²) < 4.78 is 11.1. The van der Waals surface area contributed by atoms with Gasteiger partial charge in [0.05, 0.1) is 32.8 Å². The van der Waals surface area contributed by atoms with E-state index in [1.165, 1.54) is 4.90 Å². The number of carbonyl (C=O) groups excluding carboxylic acids is 2. The standard InChI is InChI=1S/C24H31N3O4/c1-18-4-5-19(2)22(16-18)31-13-10-24(29)26(3)17-23(28)25-20-6-8-21(9-7-20)27-11-14-30-15-12-27/h4-9,16H,10-15,17H2,1-3H3,(H,25,28). The summed E-state index contributed by atoms with van der Waals surface area (Å²) in [5.41, 5.74) is 3.96. The van der Waals surface area contributed by atoms with E-state index in [1.54, 1.807) is 7.05 Å². The van der Waals surface area contributed by atoms with E-state index in [0.717, 1.165) is 48.9 Å². The fourth-order valence-electron chi connectivity index (χ4n) is 3.38. The van der Waals surface area contributed by atoms with Gasteiger partial charge in [-0.3, -0.25) is 9.59 Å². The molecule has 1 aliphatic rings. The predicted molar refractivity (Wildman–Crippen MR) is 122 cm³/mol. The molecular weight excluding hydrogens is 394 g/mol. The van der Waals surface area contributed by atoms with Crippen molar-refractivity contribution in [1.82, 2.24) is 4.90 Å². The lowest BCUT2D eigenvalue weighted by Crippen LogP contribution is -2.36. The van der Waals surface area contributed by atoms with Crippen molar-refractivity contribution < 1.29 is 19.1 Å². The lowest BCUT2D eigenvalue weighted by molar-refractivity contribution is -0.133. The summed E-state index contributed by atoms with van der Waals surface area (Å²) in [7, 11) is 1.63. The van der Waals surface area contributed by atoms with Gasteiger partial charge in [0, 0.05) is 31.5 Å². The molecule has 1 aliphatic heterocycles. The lowest BCUT2D eigenvalue weighted by Gasteiger charge is -2.28. The van der Waals surface area contributed by atoms with Crippen molar-refractivity contribution >= 4 is 23.2 Å². The molecule has 0 saturated carbocycles. The zero-order chi connectivity index (χ0) is 22.2. The molecule has 1 heterocycles. The van der Waals surface area contributed by atoms with Gasteiger partial charge in [0.2, 0.25) is 11.8 Å². The van der Waals surface area contributed by atoms with Crippen molar-refractivity contribution in [3.8, 4) is 5.75 Å². The minimum Gasteiger partial charge on any atom is -0.493 e. The molecule has 0 radical (unpaired) electrons. The van der Waals surface area contributed by atoms with Crippen LogP contribution in [0.15, 0.2) is 42.5 Å². The van der Waals surface area contributed by atoms with Crippen LogP contribution in [0.25, 0.3) is 0 Å². The summed E-state index contributed by atoms with van der Waals surface area (Å²) in [6, 6.07) is 13.7. The van der Waals surface area contributed by atoms with Gasteiger partial charge < -0.3 is 24.6 Å². The average Bonchev–Trinajstić information content (AvgIpc) is 2.77. The number of hydrogen-bond acceptors (Lipinski definition) is 5. The molecule has 0 bridgehead atoms. The lowest BCUT2D eigenvalue weighted by atomic mass is 10.1. The van der Waals surface area contributed by atoms with Gasteiger partial charge in [0.1, 0.15) is 5.75 Å². The van der Waals surface area contributed by atoms with E-state index in [1.807, 2.05) is 56.3 Å². The maximum Gasteiger partial charge on any atom is 0.243 e. The number of amides is 2. The topological polar surface area (TPSA) is 71.1 Å². The number of ether oxygens (including phenoxy) is 2. The largest absolute Gasteiger partial charge is 0.493 e. The number of hydrogen-bond donors (Lipinski definition) is 1. The minimum atomic E-state index is -0.231. The summed E-state index contributed by atoms with van der Waals surface area (Å²) in [6.07, 6.45) is 0.214. The van der Waals surface area contributed by atoms with E-state index in [-0.39, 0.29) is 31.4 Å². The van der Waals surface area contributed by atoms with Crippen LogP contribution in [0.3, 0.4) is 0 Å². The van der Waals surface area contributed by atoms with E-state index >= 15 is 0 Å². The van der Waals surface area contributed by atoms with Gasteiger partial charge >= 0.3 is 0 Å². The van der Waals surface area contributed by atoms with E-state index in [9.17, 15) is 9.59 Å². The van der Waals surface area contributed by atoms with Crippen LogP contribution in [-0.4, -0.2) is 63.2 Å². The molecule has 0 spiro atoms. The molecule has 1 saturated heterocycles. The Labute approximate surface area is 183 Å². The molecule has 166 valence electrons. The molecule has 1 N–H and O–H groups in total. The Bertz CT molecular complexity index is 892. The number of nitrogens with zero attached hydrogens (tertiary/aromatic N) is 2. The molecule has 0 aliphatic carbocycles. The monoisotopic (exact) mass is 425 g/mol. The number of rotatable bonds is 8. The predicted octanol–water partition coefficient (Wildman–Crippen LogP) is 3.01. The van der Waals surface area contributed by atoms with Crippen LogP contribution in [0.2, 0.25) is 0 Å². The number of nitrogens with one attached hydrogen (secondary N) is 1. The highest BCUT2D eigenvalue weighted by atomic mass is 16.5. The van der Waals surface area contributed by atoms with Crippen LogP contribution in [0, 0.1) is 13.8 Å². The van der Waals surface area contributed by atoms with Crippen molar-refractivity contribution in [3.05, 3.63) is 53.6 Å². The van der Waals surface area contributed by atoms with Crippen molar-refractivity contribution in [2.45, 2.75) is 20.3 Å². The number of aryl methyl sites for hydroxylation is 2. The van der Waals surface area contributed by atoms with Gasteiger partial charge in [-0.25, -0.2) is 0 Å². The van der Waals surface area contributed by atoms with Crippen molar-refractivity contribution in [2.75, 3.05) is 56.7 Å². The van der Waals surface area contributed by atoms with Gasteiger partial charge in [0.25, 0.3) is 0 Å². The average molecular weight is 426 g/mol. The number of anilines is 2. The third-order valence-electron chi connectivity index (χ3n) is 5.25. The Kier molecular flexibility index (Phi) is 7.89. The van der Waals surface area contributed by atoms with E-state index in [0.29, 0.717) is 5.69 Å². The second-order valence-electron chi connectivity index (χ2n) is 7.81. The molecule has 2 amide bonds. The van der Waals surface area contributed by atoms with Crippen molar-refractivity contribution in [3.63, 3.8) is 0 Å². The van der Waals surface area contributed by atoms with Gasteiger partial charge in [-0.15, -0.1) is 0 Å². The molecule has 7 heteroatoms. The maximum absolute atomic E-state index is 12.3. The second kappa shape index (κ2) is 10.8. The molecule has 2 aromatic rings. The number of benzene rings is 2. The summed E-state index contributed by atoms with van der Waals surface area (Å²) in [4.78, 5) is 28.3. The quantitative estimate of drug-likeness (QED) is 0.704. The zero-order valence-corrected chi connectivity index (χ0v) is 18.5. The normalized spacial score (nSPS) is 13.6. The van der Waals surface area contributed by atoms with Crippen LogP contribution < -0.4 is 15.0 Å². The van der Waals surface area contributed by atoms with Crippen molar-refractivity contribution in [2.24, 2.45) is 0 Å². The molecule has 0 aromatic heterocycles. The zero-order valence-electron chi connectivity index (χ0n) is 18.5. The smallest absolute Gasteiger partial charge is 0.243 e. The maximum atomic E-state index is 12.3. The first-order valence-electron chi connectivity index (χ1n) is 10.6. The highest BCUT2D eigenvalue weighted by Crippen LogP contribution is 2.20. The first kappa shape index (κ1) is 22.6. The van der Waals surface area contributed by atoms with Crippen LogP contribution in [0.5, 0.6) is 5.75 Å². The van der Waals surface area contributed by atoms with Gasteiger partial charge in [0.15, 0.2) is 0 Å². The SMILES string of the molecule is Cc1ccc(C)c(OCCC(=O)N(C)CC(=O)Nc2ccc(N3CCOCC3)cc2)c1. The number of likely N-dealkylation sites (N-methyl/N-ethyl adjacent to an activating group) is 1. The summed E-state index contributed by atoms with van der Waals surface area (Å²) in [6.45, 7) is 7.44. The van der Waals surface area contributed by atoms with Crippen molar-refractivity contribution in [1.29, 1.82) is 0 Å². The van der Waals surface area contributed by atoms with Gasteiger partial charge in [-0.1, -0.05) is 12.1 Å². The highest BCUT2D eigenvalue weighted by Gasteiger charge is 2.14. The Morgan fingerprint density at radius 1 is 1.10 bits per heavy atom. The summed E-state index contributed by atoms with van der Waals surface area (Å²) in [5.74, 6) is 0.419. The highest BCUT2D eigenvalue weighted by molar-refractivity contribution is 5.94. The fourth-order valence-corrected chi connectivity index (χ4v) is 3.38. The first-order valence-corrected chi connectivity index (χ1v) is 10.6. The van der Waals surface area contributed by atoms with Crippen LogP contribution in [-0.2, 0) is 14.3 Å². The minimum absolute atomic E-state index is 0.00643. The Morgan fingerprint density at radius 2 is 1.81 bits per heavy atom. The van der Waals surface area contributed by atoms with Crippen LogP contribution in [0.4, 0.5) is 11.4 Å². The molecule has 0 atom stereocenters. The third-order valence-corrected chi connectivity index (χ3v) is 5.25. The summed E-state index contributed by atoms with van der Waals surface area (Å²) >= 11 is 0. The Balaban J connectivity index is 1.42. The third kappa shape index (κ3) is 6.72. The molecule has 31 heavy (non-hydrogen) atoms. The van der Waals surface area contributed by atoms with E-state index < -0.39 is 0 Å². The van der Waals surface area contributed by atoms with E-state index in [2.05, 4.69) is 10.2 Å². The fraction of sp³-hybridized carbons (Fsp3) is 0.417. The van der Waals surface area contributed by atoms with E-state index in [4.69, 9.17) is 9.47 Å². The molecule has 0 unspecified atom stereocenters. The Hall–Kier alpha value is -3.06. The molecular formula is C24H31N3O4. The number of carbonyl (C=O) groups is 2. The first-order chi connectivity index (χ1) is 14.9. The number of morpholine rings is 1. The molecule has 1 fully saturated rings. The van der Waals surface area contributed by atoms with Gasteiger partial charge in [-0.2, -0.15) is 0 Å². The second-order valence-corrected chi connectivity index (χ2v) is 7.81. The Morgan fingerprint density at radius 3 is 2.52 bits per heavy atom. The van der Waals surface area contributed by atoms with Crippen LogP contribution >= 0.6 is 0 Å². The van der Waals surface area contributed by atoms with Gasteiger partial charge in [-0.05, 0) is 55.3 Å². The molecule has 7 nitrogen and oxygen atoms in total. The molecule has 3 rings (SSSR count). The summed E-state index contributed by atoms with van der Waals surface area (Å²) in [5, 5.41) is 2.85. The van der Waals surface area contributed by atoms with Crippen LogP contribution in [0.1, 0.15) is 17.5 Å². The molecule has 2 aromatic carbocycles.